The molecule has 3 heteroatoms. The van der Waals surface area contributed by atoms with Crippen LogP contribution in [0.3, 0.4) is 0 Å². The number of nitrogens with two attached hydrogens (primary N) is 1. The zero-order chi connectivity index (χ0) is 8.20. The van der Waals surface area contributed by atoms with Crippen LogP contribution in [-0.4, -0.2) is 35.0 Å². The second-order valence-electron chi connectivity index (χ2n) is 3.64. The van der Waals surface area contributed by atoms with Crippen LogP contribution >= 0.6 is 0 Å². The van der Waals surface area contributed by atoms with Crippen molar-refractivity contribution < 1.29 is 15.5 Å². The molecule has 0 amide bonds. The van der Waals surface area contributed by atoms with Crippen LogP contribution in [0.4, 0.5) is 0 Å². The molecule has 4 N–H and O–H groups in total. The van der Waals surface area contributed by atoms with E-state index in [1.807, 2.05) is 5.32 Å². The van der Waals surface area contributed by atoms with Crippen molar-refractivity contribution in [2.45, 2.75) is 32.4 Å². The first kappa shape index (κ1) is 9.88. The van der Waals surface area contributed by atoms with Gasteiger partial charge in [0.2, 0.25) is 0 Å². The Morgan fingerprint density at radius 1 is 1.40 bits per heavy atom. The van der Waals surface area contributed by atoms with E-state index < -0.39 is 6.10 Å². The third-order valence-electron chi connectivity index (χ3n) is 1.21. The maximum absolute atomic E-state index is 8.94. The average Bonchev–Trinajstić information content (AvgIpc) is 1.81. The molecule has 0 aromatic carbocycles. The molecule has 0 aliphatic rings. The summed E-state index contributed by atoms with van der Waals surface area (Å²) in [5, 5.41) is 19.4. The van der Waals surface area contributed by atoms with E-state index in [-0.39, 0.29) is 12.1 Å². The van der Waals surface area contributed by atoms with E-state index in [2.05, 4.69) is 20.8 Å². The molecule has 10 heavy (non-hydrogen) atoms. The van der Waals surface area contributed by atoms with Crippen LogP contribution in [0.25, 0.3) is 0 Å². The molecule has 0 saturated heterocycles. The van der Waals surface area contributed by atoms with Crippen molar-refractivity contribution in [2.75, 3.05) is 13.2 Å². The Bertz CT molecular complexity index is 88.1. The van der Waals surface area contributed by atoms with Crippen LogP contribution < -0.4 is 5.32 Å². The Hall–Kier alpha value is -0.120. The quantitative estimate of drug-likeness (QED) is 0.466. The molecular formula is C7H18NO2+. The molecular weight excluding hydrogens is 130 g/mol. The van der Waals surface area contributed by atoms with Gasteiger partial charge in [-0.3, -0.25) is 0 Å². The number of aliphatic hydroxyl groups excluding tert-OH is 2. The van der Waals surface area contributed by atoms with E-state index in [0.717, 1.165) is 0 Å². The van der Waals surface area contributed by atoms with Crippen molar-refractivity contribution >= 4 is 0 Å². The normalized spacial score (nSPS) is 15.3. The van der Waals surface area contributed by atoms with Gasteiger partial charge in [0.05, 0.1) is 12.1 Å². The maximum Gasteiger partial charge on any atom is 0.126 e. The largest absolute Gasteiger partial charge is 0.393 e. The molecule has 0 saturated carbocycles. The smallest absolute Gasteiger partial charge is 0.126 e. The number of aliphatic hydroxyl groups is 2. The van der Waals surface area contributed by atoms with Crippen molar-refractivity contribution in [3.05, 3.63) is 0 Å². The number of hydrogen-bond donors (Lipinski definition) is 3. The Labute approximate surface area is 62.1 Å². The SMILES string of the molecule is CC(C)(C)[NH2+]C[C@H](O)CO. The molecule has 0 heterocycles. The molecule has 3 nitrogen and oxygen atoms in total. The van der Waals surface area contributed by atoms with Crippen molar-refractivity contribution in [2.24, 2.45) is 0 Å². The Morgan fingerprint density at radius 2 is 1.90 bits per heavy atom. The van der Waals surface area contributed by atoms with Gasteiger partial charge >= 0.3 is 0 Å². The molecule has 0 unspecified atom stereocenters. The molecule has 0 spiro atoms. The lowest BCUT2D eigenvalue weighted by atomic mass is 10.1. The highest BCUT2D eigenvalue weighted by Crippen LogP contribution is 1.88. The Balaban J connectivity index is 3.36. The minimum absolute atomic E-state index is 0.135. The molecule has 0 aliphatic carbocycles. The molecule has 0 radical (unpaired) electrons. The molecule has 0 aromatic rings. The minimum Gasteiger partial charge on any atom is -0.393 e. The van der Waals surface area contributed by atoms with E-state index in [4.69, 9.17) is 10.2 Å². The fourth-order valence-electron chi connectivity index (χ4n) is 0.564. The highest BCUT2D eigenvalue weighted by molar-refractivity contribution is 4.54. The minimum atomic E-state index is -0.584. The summed E-state index contributed by atoms with van der Waals surface area (Å²) < 4.78 is 0. The van der Waals surface area contributed by atoms with Gasteiger partial charge in [-0.15, -0.1) is 0 Å². The monoisotopic (exact) mass is 148 g/mol. The number of quaternary nitrogens is 1. The lowest BCUT2D eigenvalue weighted by Crippen LogP contribution is -2.96. The summed E-state index contributed by atoms with van der Waals surface area (Å²) in [5.41, 5.74) is 0.135. The standard InChI is InChI=1S/C7H17NO2/c1-7(2,3)8-4-6(10)5-9/h6,8-10H,4-5H2,1-3H3/p+1/t6-/m0/s1. The van der Waals surface area contributed by atoms with Crippen LogP contribution in [0.2, 0.25) is 0 Å². The summed E-state index contributed by atoms with van der Waals surface area (Å²) in [4.78, 5) is 0. The van der Waals surface area contributed by atoms with Gasteiger partial charge in [-0.25, -0.2) is 0 Å². The van der Waals surface area contributed by atoms with E-state index in [1.54, 1.807) is 0 Å². The lowest BCUT2D eigenvalue weighted by Gasteiger charge is -2.18. The van der Waals surface area contributed by atoms with Gasteiger partial charge in [0.15, 0.2) is 0 Å². The third-order valence-corrected chi connectivity index (χ3v) is 1.21. The predicted octanol–water partition coefficient (Wildman–Crippen LogP) is -1.30. The summed E-state index contributed by atoms with van der Waals surface area (Å²) in [6.07, 6.45) is -0.584. The fraction of sp³-hybridized carbons (Fsp3) is 1.00. The molecule has 0 fully saturated rings. The first-order valence-corrected chi connectivity index (χ1v) is 3.59. The molecule has 1 atom stereocenters. The average molecular weight is 148 g/mol. The van der Waals surface area contributed by atoms with Crippen molar-refractivity contribution in [3.63, 3.8) is 0 Å². The van der Waals surface area contributed by atoms with Crippen molar-refractivity contribution in [1.29, 1.82) is 0 Å². The lowest BCUT2D eigenvalue weighted by molar-refractivity contribution is -0.722. The first-order chi connectivity index (χ1) is 4.45. The first-order valence-electron chi connectivity index (χ1n) is 3.59. The van der Waals surface area contributed by atoms with Crippen LogP contribution in [0, 0.1) is 0 Å². The molecule has 0 rings (SSSR count). The second kappa shape index (κ2) is 3.91. The summed E-state index contributed by atoms with van der Waals surface area (Å²) in [5.74, 6) is 0. The zero-order valence-corrected chi connectivity index (χ0v) is 6.96. The van der Waals surface area contributed by atoms with Gasteiger partial charge in [0.1, 0.15) is 12.6 Å². The van der Waals surface area contributed by atoms with E-state index >= 15 is 0 Å². The third kappa shape index (κ3) is 6.01. The van der Waals surface area contributed by atoms with Crippen LogP contribution in [0.1, 0.15) is 20.8 Å². The van der Waals surface area contributed by atoms with Crippen LogP contribution in [0.5, 0.6) is 0 Å². The maximum atomic E-state index is 8.94. The summed E-state index contributed by atoms with van der Waals surface area (Å²) >= 11 is 0. The number of hydrogen-bond acceptors (Lipinski definition) is 2. The van der Waals surface area contributed by atoms with Gasteiger partial charge in [0, 0.05) is 0 Å². The van der Waals surface area contributed by atoms with Crippen LogP contribution in [0.15, 0.2) is 0 Å². The highest BCUT2D eigenvalue weighted by Gasteiger charge is 2.14. The highest BCUT2D eigenvalue weighted by atomic mass is 16.3. The fourth-order valence-corrected chi connectivity index (χ4v) is 0.564. The molecule has 0 aliphatic heterocycles. The molecule has 0 bridgehead atoms. The topological polar surface area (TPSA) is 57.1 Å². The number of rotatable bonds is 3. The molecule has 62 valence electrons. The Morgan fingerprint density at radius 3 is 2.20 bits per heavy atom. The summed E-state index contributed by atoms with van der Waals surface area (Å²) in [7, 11) is 0. The van der Waals surface area contributed by atoms with E-state index in [0.29, 0.717) is 6.54 Å². The van der Waals surface area contributed by atoms with Gasteiger partial charge in [-0.2, -0.15) is 0 Å². The van der Waals surface area contributed by atoms with Crippen LogP contribution in [-0.2, 0) is 0 Å². The second-order valence-corrected chi connectivity index (χ2v) is 3.64. The zero-order valence-electron chi connectivity index (χ0n) is 6.96. The van der Waals surface area contributed by atoms with Gasteiger partial charge in [-0.1, -0.05) is 0 Å². The summed E-state index contributed by atoms with van der Waals surface area (Å²) in [6.45, 7) is 6.62. The van der Waals surface area contributed by atoms with E-state index in [9.17, 15) is 0 Å². The van der Waals surface area contributed by atoms with Gasteiger partial charge < -0.3 is 15.5 Å². The van der Waals surface area contributed by atoms with Crippen molar-refractivity contribution in [3.8, 4) is 0 Å². The molecule has 0 aromatic heterocycles. The Kier molecular flexibility index (Phi) is 3.86. The predicted molar refractivity (Wildman–Crippen MR) is 39.6 cm³/mol. The van der Waals surface area contributed by atoms with E-state index in [1.165, 1.54) is 0 Å². The summed E-state index contributed by atoms with van der Waals surface area (Å²) in [6, 6.07) is 0. The van der Waals surface area contributed by atoms with Crippen molar-refractivity contribution in [1.82, 2.24) is 0 Å². The van der Waals surface area contributed by atoms with Gasteiger partial charge in [0.25, 0.3) is 0 Å². The van der Waals surface area contributed by atoms with Gasteiger partial charge in [-0.05, 0) is 20.8 Å².